The molecule has 2 aromatic carbocycles. The number of para-hydroxylation sites is 1. The Hall–Kier alpha value is -4.58. The van der Waals surface area contributed by atoms with E-state index >= 15 is 0 Å². The van der Waals surface area contributed by atoms with Crippen LogP contribution in [0.2, 0.25) is 0 Å². The number of hydrogen-bond acceptors (Lipinski definition) is 7. The number of carbonyl (C=O) groups excluding carboxylic acids is 1. The number of phenolic OH excluding ortho intramolecular Hbond substituents is 1. The minimum Gasteiger partial charge on any atom is -0.507 e. The number of amides is 1. The molecule has 0 aliphatic rings. The number of benzene rings is 2. The SMILES string of the molecule is N#Cc1c(-c2cccc(N[C@@H](CC(N)=O)C(=O)O)c2)cc(-c2ccccc2O)nc1N. The molecular formula is C22H19N5O4. The van der Waals surface area contributed by atoms with Crippen LogP contribution in [0.3, 0.4) is 0 Å². The highest BCUT2D eigenvalue weighted by molar-refractivity contribution is 5.87. The number of nitrogens with two attached hydrogens (primary N) is 2. The highest BCUT2D eigenvalue weighted by Gasteiger charge is 2.20. The van der Waals surface area contributed by atoms with Crippen LogP contribution in [-0.4, -0.2) is 33.1 Å². The Morgan fingerprint density at radius 1 is 1.13 bits per heavy atom. The number of carboxylic acid groups (broad SMARTS) is 1. The molecule has 0 aliphatic carbocycles. The first-order valence-corrected chi connectivity index (χ1v) is 9.17. The average molecular weight is 417 g/mol. The van der Waals surface area contributed by atoms with Crippen LogP contribution >= 0.6 is 0 Å². The van der Waals surface area contributed by atoms with Crippen LogP contribution in [-0.2, 0) is 9.59 Å². The first kappa shape index (κ1) is 21.1. The second-order valence-corrected chi connectivity index (χ2v) is 6.73. The number of carbonyl (C=O) groups is 2. The molecule has 156 valence electrons. The number of phenols is 1. The summed E-state index contributed by atoms with van der Waals surface area (Å²) < 4.78 is 0. The van der Waals surface area contributed by atoms with E-state index in [-0.39, 0.29) is 23.6 Å². The Bertz CT molecular complexity index is 1200. The molecule has 0 saturated heterocycles. The molecule has 0 bridgehead atoms. The van der Waals surface area contributed by atoms with Crippen LogP contribution < -0.4 is 16.8 Å². The quantitative estimate of drug-likeness (QED) is 0.389. The lowest BCUT2D eigenvalue weighted by Crippen LogP contribution is -2.33. The fraction of sp³-hybridized carbons (Fsp3) is 0.0909. The van der Waals surface area contributed by atoms with E-state index in [4.69, 9.17) is 11.5 Å². The number of nitrogen functional groups attached to an aromatic ring is 1. The average Bonchev–Trinajstić information content (AvgIpc) is 2.73. The Morgan fingerprint density at radius 2 is 1.87 bits per heavy atom. The molecule has 0 fully saturated rings. The van der Waals surface area contributed by atoms with Crippen molar-refractivity contribution in [2.75, 3.05) is 11.1 Å². The summed E-state index contributed by atoms with van der Waals surface area (Å²) in [6.07, 6.45) is -0.386. The van der Waals surface area contributed by atoms with Crippen LogP contribution in [0.15, 0.2) is 54.6 Å². The molecule has 1 aromatic heterocycles. The molecule has 0 unspecified atom stereocenters. The lowest BCUT2D eigenvalue weighted by atomic mass is 9.97. The maximum Gasteiger partial charge on any atom is 0.326 e. The third-order valence-corrected chi connectivity index (χ3v) is 4.56. The molecule has 0 radical (unpaired) electrons. The van der Waals surface area contributed by atoms with Crippen LogP contribution in [0.4, 0.5) is 11.5 Å². The topological polar surface area (TPSA) is 175 Å². The fourth-order valence-corrected chi connectivity index (χ4v) is 3.12. The predicted molar refractivity (Wildman–Crippen MR) is 115 cm³/mol. The minimum absolute atomic E-state index is 0.00578. The fourth-order valence-electron chi connectivity index (χ4n) is 3.12. The first-order valence-electron chi connectivity index (χ1n) is 9.17. The monoisotopic (exact) mass is 417 g/mol. The van der Waals surface area contributed by atoms with Gasteiger partial charge in [0.15, 0.2) is 0 Å². The normalized spacial score (nSPS) is 11.3. The van der Waals surface area contributed by atoms with E-state index in [1.807, 2.05) is 6.07 Å². The van der Waals surface area contributed by atoms with E-state index in [1.165, 1.54) is 6.07 Å². The van der Waals surface area contributed by atoms with Gasteiger partial charge in [0.2, 0.25) is 5.91 Å². The molecular weight excluding hydrogens is 398 g/mol. The number of rotatable bonds is 7. The Morgan fingerprint density at radius 3 is 2.52 bits per heavy atom. The summed E-state index contributed by atoms with van der Waals surface area (Å²) in [5.41, 5.74) is 13.5. The Kier molecular flexibility index (Phi) is 6.02. The molecule has 9 heteroatoms. The molecule has 31 heavy (non-hydrogen) atoms. The molecule has 9 nitrogen and oxygen atoms in total. The van der Waals surface area contributed by atoms with E-state index in [0.29, 0.717) is 28.1 Å². The molecule has 3 rings (SSSR count). The number of nitriles is 1. The highest BCUT2D eigenvalue weighted by atomic mass is 16.4. The molecule has 0 saturated carbocycles. The van der Waals surface area contributed by atoms with Gasteiger partial charge in [0.05, 0.1) is 12.1 Å². The third-order valence-electron chi connectivity index (χ3n) is 4.56. The van der Waals surface area contributed by atoms with Gasteiger partial charge in [-0.15, -0.1) is 0 Å². The number of nitrogens with zero attached hydrogens (tertiary/aromatic N) is 2. The highest BCUT2D eigenvalue weighted by Crippen LogP contribution is 2.35. The standard InChI is InChI=1S/C22H19N5O4/c23-11-16-15(9-17(27-21(16)25)14-6-1-2-7-19(14)28)12-4-3-5-13(8-12)26-18(22(30)31)10-20(24)29/h1-9,18,26,28H,10H2,(H2,24,29)(H2,25,27)(H,30,31)/t18-/m0/s1. The maximum absolute atomic E-state index is 11.4. The zero-order chi connectivity index (χ0) is 22.5. The number of aromatic hydroxyl groups is 1. The van der Waals surface area contributed by atoms with Gasteiger partial charge in [-0.25, -0.2) is 9.78 Å². The summed E-state index contributed by atoms with van der Waals surface area (Å²) in [5, 5.41) is 31.8. The largest absolute Gasteiger partial charge is 0.507 e. The van der Waals surface area contributed by atoms with Gasteiger partial charge in [-0.3, -0.25) is 4.79 Å². The van der Waals surface area contributed by atoms with Crippen molar-refractivity contribution in [3.8, 4) is 34.2 Å². The summed E-state index contributed by atoms with van der Waals surface area (Å²) >= 11 is 0. The van der Waals surface area contributed by atoms with Gasteiger partial charge >= 0.3 is 5.97 Å². The lowest BCUT2D eigenvalue weighted by Gasteiger charge is -2.16. The molecule has 0 aliphatic heterocycles. The minimum atomic E-state index is -1.23. The van der Waals surface area contributed by atoms with Crippen LogP contribution in [0.5, 0.6) is 5.75 Å². The van der Waals surface area contributed by atoms with Gasteiger partial charge in [-0.05, 0) is 35.9 Å². The number of carboxylic acids is 1. The summed E-state index contributed by atoms with van der Waals surface area (Å²) in [5.74, 6) is -1.97. The van der Waals surface area contributed by atoms with E-state index in [2.05, 4.69) is 10.3 Å². The van der Waals surface area contributed by atoms with Crippen molar-refractivity contribution in [1.29, 1.82) is 5.26 Å². The number of pyridine rings is 1. The molecule has 1 atom stereocenters. The van der Waals surface area contributed by atoms with Gasteiger partial charge in [-0.2, -0.15) is 5.26 Å². The van der Waals surface area contributed by atoms with Gasteiger partial charge in [0, 0.05) is 16.8 Å². The van der Waals surface area contributed by atoms with Gasteiger partial charge in [0.1, 0.15) is 29.2 Å². The van der Waals surface area contributed by atoms with Crippen molar-refractivity contribution in [2.24, 2.45) is 5.73 Å². The lowest BCUT2D eigenvalue weighted by molar-refractivity contribution is -0.139. The number of anilines is 2. The summed E-state index contributed by atoms with van der Waals surface area (Å²) in [6.45, 7) is 0. The molecule has 0 spiro atoms. The Balaban J connectivity index is 2.07. The van der Waals surface area contributed by atoms with Crippen molar-refractivity contribution in [3.63, 3.8) is 0 Å². The van der Waals surface area contributed by atoms with Crippen LogP contribution in [0.25, 0.3) is 22.4 Å². The second kappa shape index (κ2) is 8.84. The van der Waals surface area contributed by atoms with Crippen LogP contribution in [0, 0.1) is 11.3 Å². The van der Waals surface area contributed by atoms with E-state index in [0.717, 1.165) is 0 Å². The molecule has 7 N–H and O–H groups in total. The number of aromatic nitrogens is 1. The zero-order valence-electron chi connectivity index (χ0n) is 16.2. The number of primary amides is 1. The summed E-state index contributed by atoms with van der Waals surface area (Å²) in [7, 11) is 0. The summed E-state index contributed by atoms with van der Waals surface area (Å²) in [6, 6.07) is 15.7. The number of nitrogens with one attached hydrogen (secondary N) is 1. The van der Waals surface area contributed by atoms with Gasteiger partial charge in [-0.1, -0.05) is 24.3 Å². The zero-order valence-corrected chi connectivity index (χ0v) is 16.2. The third kappa shape index (κ3) is 4.71. The smallest absolute Gasteiger partial charge is 0.326 e. The Labute approximate surface area is 177 Å². The van der Waals surface area contributed by atoms with Gasteiger partial charge < -0.3 is 27.0 Å². The van der Waals surface area contributed by atoms with Crippen molar-refractivity contribution in [3.05, 3.63) is 60.2 Å². The number of aliphatic carboxylic acids is 1. The van der Waals surface area contributed by atoms with E-state index < -0.39 is 17.9 Å². The first-order chi connectivity index (χ1) is 14.8. The van der Waals surface area contributed by atoms with Crippen molar-refractivity contribution in [1.82, 2.24) is 4.98 Å². The summed E-state index contributed by atoms with van der Waals surface area (Å²) in [4.78, 5) is 26.8. The van der Waals surface area contributed by atoms with Crippen molar-refractivity contribution < 1.29 is 19.8 Å². The van der Waals surface area contributed by atoms with Crippen LogP contribution in [0.1, 0.15) is 12.0 Å². The van der Waals surface area contributed by atoms with E-state index in [1.54, 1.807) is 48.5 Å². The molecule has 1 amide bonds. The molecule has 1 heterocycles. The predicted octanol–water partition coefficient (Wildman–Crippen LogP) is 2.32. The second-order valence-electron chi connectivity index (χ2n) is 6.73. The molecule has 3 aromatic rings. The van der Waals surface area contributed by atoms with E-state index in [9.17, 15) is 25.1 Å². The van der Waals surface area contributed by atoms with Gasteiger partial charge in [0.25, 0.3) is 0 Å². The maximum atomic E-state index is 11.4. The van der Waals surface area contributed by atoms with Crippen molar-refractivity contribution >= 4 is 23.4 Å². The number of hydrogen-bond donors (Lipinski definition) is 5. The van der Waals surface area contributed by atoms with Crippen molar-refractivity contribution in [2.45, 2.75) is 12.5 Å².